The lowest BCUT2D eigenvalue weighted by molar-refractivity contribution is -0.178. The van der Waals surface area contributed by atoms with Crippen molar-refractivity contribution in [3.05, 3.63) is 0 Å². The Balaban J connectivity index is 2.24. The first-order chi connectivity index (χ1) is 4.84. The van der Waals surface area contributed by atoms with E-state index in [2.05, 4.69) is 5.32 Å². The van der Waals surface area contributed by atoms with Crippen LogP contribution < -0.4 is 5.32 Å². The first kappa shape index (κ1) is 7.94. The van der Waals surface area contributed by atoms with Crippen molar-refractivity contribution >= 4 is 0 Å². The van der Waals surface area contributed by atoms with Crippen LogP contribution in [-0.4, -0.2) is 49.7 Å². The minimum atomic E-state index is -0.720. The molecule has 2 N–H and O–H groups in total. The summed E-state index contributed by atoms with van der Waals surface area (Å²) in [6.45, 7) is 3.57. The third kappa shape index (κ3) is 1.91. The molecule has 1 aliphatic rings. The highest BCUT2D eigenvalue weighted by atomic mass is 16.6. The number of nitrogens with zero attached hydrogens (tertiary/aromatic N) is 1. The molecule has 0 aliphatic carbocycles. The molecule has 60 valence electrons. The van der Waals surface area contributed by atoms with E-state index in [0.717, 1.165) is 26.2 Å². The van der Waals surface area contributed by atoms with Gasteiger partial charge < -0.3 is 15.2 Å². The molecule has 0 saturated carbocycles. The highest BCUT2D eigenvalue weighted by Crippen LogP contribution is 1.97. The second-order valence-electron chi connectivity index (χ2n) is 2.35. The predicted molar refractivity (Wildman–Crippen MR) is 37.5 cm³/mol. The topological polar surface area (TPSA) is 44.7 Å². The minimum absolute atomic E-state index is 0.720. The monoisotopic (exact) mass is 146 g/mol. The highest BCUT2D eigenvalue weighted by Gasteiger charge is 2.16. The fourth-order valence-electron chi connectivity index (χ4n) is 1.05. The van der Waals surface area contributed by atoms with E-state index < -0.39 is 6.41 Å². The van der Waals surface area contributed by atoms with Crippen molar-refractivity contribution in [1.29, 1.82) is 0 Å². The van der Waals surface area contributed by atoms with Gasteiger partial charge in [0.15, 0.2) is 0 Å². The van der Waals surface area contributed by atoms with E-state index in [-0.39, 0.29) is 0 Å². The van der Waals surface area contributed by atoms with E-state index in [0.29, 0.717) is 0 Å². The summed E-state index contributed by atoms with van der Waals surface area (Å²) < 4.78 is 4.74. The number of aliphatic hydroxyl groups excluding tert-OH is 1. The first-order valence-corrected chi connectivity index (χ1v) is 3.50. The number of aliphatic hydroxyl groups is 1. The maximum Gasteiger partial charge on any atom is 0.215 e. The third-order valence-electron chi connectivity index (χ3n) is 1.67. The van der Waals surface area contributed by atoms with Crippen molar-refractivity contribution in [3.63, 3.8) is 0 Å². The number of nitrogens with one attached hydrogen (secondary N) is 1. The predicted octanol–water partition coefficient (Wildman–Crippen LogP) is -1.19. The molecule has 1 heterocycles. The van der Waals surface area contributed by atoms with Gasteiger partial charge in [0, 0.05) is 33.3 Å². The molecule has 0 radical (unpaired) electrons. The van der Waals surface area contributed by atoms with Crippen LogP contribution in [0, 0.1) is 0 Å². The number of methoxy groups -OCH3 is 1. The summed E-state index contributed by atoms with van der Waals surface area (Å²) in [5.74, 6) is 0. The standard InChI is InChI=1S/C6H14N2O2/c1-10-6(9)8-4-2-7-3-5-8/h6-7,9H,2-5H2,1H3. The fraction of sp³-hybridized carbons (Fsp3) is 1.00. The fourth-order valence-corrected chi connectivity index (χ4v) is 1.05. The lowest BCUT2D eigenvalue weighted by atomic mass is 10.4. The van der Waals surface area contributed by atoms with Crippen molar-refractivity contribution in [2.75, 3.05) is 33.3 Å². The average molecular weight is 146 g/mol. The molecule has 4 heteroatoms. The summed E-state index contributed by atoms with van der Waals surface area (Å²) in [7, 11) is 1.51. The quantitative estimate of drug-likeness (QED) is 0.481. The lowest BCUT2D eigenvalue weighted by Gasteiger charge is -2.30. The van der Waals surface area contributed by atoms with Crippen molar-refractivity contribution in [1.82, 2.24) is 10.2 Å². The van der Waals surface area contributed by atoms with Gasteiger partial charge in [0.1, 0.15) is 0 Å². The highest BCUT2D eigenvalue weighted by molar-refractivity contribution is 4.65. The van der Waals surface area contributed by atoms with E-state index in [9.17, 15) is 0 Å². The largest absolute Gasteiger partial charge is 0.356 e. The summed E-state index contributed by atoms with van der Waals surface area (Å²) in [6, 6.07) is 0. The molecule has 0 amide bonds. The van der Waals surface area contributed by atoms with Crippen LogP contribution >= 0.6 is 0 Å². The van der Waals surface area contributed by atoms with E-state index in [4.69, 9.17) is 9.84 Å². The van der Waals surface area contributed by atoms with Gasteiger partial charge in [0.25, 0.3) is 0 Å². The smallest absolute Gasteiger partial charge is 0.215 e. The molecule has 1 rings (SSSR count). The van der Waals surface area contributed by atoms with Crippen LogP contribution in [0.2, 0.25) is 0 Å². The number of ether oxygens (including phenoxy) is 1. The molecule has 1 atom stereocenters. The van der Waals surface area contributed by atoms with Crippen LogP contribution in [0.15, 0.2) is 0 Å². The van der Waals surface area contributed by atoms with E-state index in [1.807, 2.05) is 4.90 Å². The average Bonchev–Trinajstić information content (AvgIpc) is 2.05. The first-order valence-electron chi connectivity index (χ1n) is 3.50. The van der Waals surface area contributed by atoms with Crippen molar-refractivity contribution in [2.45, 2.75) is 6.41 Å². The van der Waals surface area contributed by atoms with Gasteiger partial charge in [-0.2, -0.15) is 0 Å². The van der Waals surface area contributed by atoms with Gasteiger partial charge >= 0.3 is 0 Å². The number of hydrogen-bond donors (Lipinski definition) is 2. The van der Waals surface area contributed by atoms with Crippen LogP contribution in [-0.2, 0) is 4.74 Å². The maximum absolute atomic E-state index is 9.16. The molecule has 4 nitrogen and oxygen atoms in total. The second kappa shape index (κ2) is 3.88. The van der Waals surface area contributed by atoms with Crippen LogP contribution in [0.5, 0.6) is 0 Å². The van der Waals surface area contributed by atoms with Crippen molar-refractivity contribution in [3.8, 4) is 0 Å². The zero-order valence-corrected chi connectivity index (χ0v) is 6.21. The molecule has 0 aromatic rings. The van der Waals surface area contributed by atoms with Gasteiger partial charge in [0.2, 0.25) is 6.41 Å². The van der Waals surface area contributed by atoms with Gasteiger partial charge in [-0.15, -0.1) is 0 Å². The van der Waals surface area contributed by atoms with Crippen LogP contribution in [0.3, 0.4) is 0 Å². The summed E-state index contributed by atoms with van der Waals surface area (Å²) in [6.07, 6.45) is -0.720. The Morgan fingerprint density at radius 2 is 2.10 bits per heavy atom. The van der Waals surface area contributed by atoms with Gasteiger partial charge in [-0.1, -0.05) is 0 Å². The maximum atomic E-state index is 9.16. The lowest BCUT2D eigenvalue weighted by Crippen LogP contribution is -2.48. The minimum Gasteiger partial charge on any atom is -0.356 e. The second-order valence-corrected chi connectivity index (χ2v) is 2.35. The molecule has 0 spiro atoms. The zero-order valence-electron chi connectivity index (χ0n) is 6.21. The summed E-state index contributed by atoms with van der Waals surface area (Å²) in [5.41, 5.74) is 0. The molecule has 10 heavy (non-hydrogen) atoms. The Morgan fingerprint density at radius 3 is 2.60 bits per heavy atom. The van der Waals surface area contributed by atoms with Crippen molar-refractivity contribution < 1.29 is 9.84 Å². The summed E-state index contributed by atoms with van der Waals surface area (Å²) in [4.78, 5) is 1.89. The van der Waals surface area contributed by atoms with Crippen LogP contribution in [0.25, 0.3) is 0 Å². The van der Waals surface area contributed by atoms with Crippen LogP contribution in [0.4, 0.5) is 0 Å². The van der Waals surface area contributed by atoms with Gasteiger partial charge in [-0.25, -0.2) is 0 Å². The van der Waals surface area contributed by atoms with E-state index >= 15 is 0 Å². The Kier molecular flexibility index (Phi) is 3.08. The van der Waals surface area contributed by atoms with E-state index in [1.54, 1.807) is 0 Å². The number of hydrogen-bond acceptors (Lipinski definition) is 4. The summed E-state index contributed by atoms with van der Waals surface area (Å²) in [5, 5.41) is 12.3. The molecular formula is C6H14N2O2. The Labute approximate surface area is 60.8 Å². The molecule has 0 aromatic carbocycles. The molecule has 0 bridgehead atoms. The zero-order chi connectivity index (χ0) is 7.40. The van der Waals surface area contributed by atoms with E-state index in [1.165, 1.54) is 7.11 Å². The molecule has 1 saturated heterocycles. The molecule has 1 unspecified atom stereocenters. The SMILES string of the molecule is COC(O)N1CCNCC1. The van der Waals surface area contributed by atoms with Gasteiger partial charge in [-0.05, 0) is 0 Å². The molecule has 1 fully saturated rings. The third-order valence-corrected chi connectivity index (χ3v) is 1.67. The van der Waals surface area contributed by atoms with Gasteiger partial charge in [-0.3, -0.25) is 4.90 Å². The number of piperazine rings is 1. The normalized spacial score (nSPS) is 24.6. The molecular weight excluding hydrogens is 132 g/mol. The Morgan fingerprint density at radius 1 is 1.50 bits per heavy atom. The number of rotatable bonds is 2. The van der Waals surface area contributed by atoms with Crippen LogP contribution in [0.1, 0.15) is 0 Å². The molecule has 0 aromatic heterocycles. The molecule has 1 aliphatic heterocycles. The Hall–Kier alpha value is -0.160. The summed E-state index contributed by atoms with van der Waals surface area (Å²) >= 11 is 0. The Bertz CT molecular complexity index is 93.7. The van der Waals surface area contributed by atoms with Crippen molar-refractivity contribution in [2.24, 2.45) is 0 Å². The van der Waals surface area contributed by atoms with Gasteiger partial charge in [0.05, 0.1) is 0 Å².